The first-order valence-corrected chi connectivity index (χ1v) is 4.42. The van der Waals surface area contributed by atoms with E-state index in [4.69, 9.17) is 5.73 Å². The van der Waals surface area contributed by atoms with Crippen molar-refractivity contribution in [2.75, 3.05) is 5.73 Å². The Balaban J connectivity index is 3.34. The van der Waals surface area contributed by atoms with Crippen LogP contribution in [0.5, 0.6) is 0 Å². The summed E-state index contributed by atoms with van der Waals surface area (Å²) in [6, 6.07) is 0. The fourth-order valence-electron chi connectivity index (χ4n) is 0.630. The summed E-state index contributed by atoms with van der Waals surface area (Å²) in [5, 5.41) is 8.99. The van der Waals surface area contributed by atoms with Crippen LogP contribution in [0.3, 0.4) is 0 Å². The van der Waals surface area contributed by atoms with Gasteiger partial charge in [-0.3, -0.25) is 10.1 Å². The van der Waals surface area contributed by atoms with Crippen molar-refractivity contribution in [1.29, 1.82) is 0 Å². The smallest absolute Gasteiger partial charge is 0.368 e. The first-order valence-electron chi connectivity index (χ1n) is 3.04. The van der Waals surface area contributed by atoms with E-state index < -0.39 is 31.8 Å². The van der Waals surface area contributed by atoms with Gasteiger partial charge < -0.3 is 5.73 Å². The lowest BCUT2D eigenvalue weighted by atomic mass is 10.5. The van der Waals surface area contributed by atoms with Crippen LogP contribution in [0.2, 0.25) is 0 Å². The van der Waals surface area contributed by atoms with E-state index in [1.165, 1.54) is 0 Å². The molecule has 0 amide bonds. The Bertz CT molecular complexity index is 486. The largest absolute Gasteiger partial charge is 0.378 e. The zero-order valence-electron chi connectivity index (χ0n) is 6.42. The van der Waals surface area contributed by atoms with Crippen molar-refractivity contribution >= 4 is 21.7 Å². The predicted molar refractivity (Wildman–Crippen MR) is 41.4 cm³/mol. The highest BCUT2D eigenvalue weighted by molar-refractivity contribution is 7.86. The summed E-state index contributed by atoms with van der Waals surface area (Å²) in [5.41, 5.74) is 4.31. The van der Waals surface area contributed by atoms with E-state index >= 15 is 0 Å². The molecule has 0 aliphatic heterocycles. The van der Waals surface area contributed by atoms with Gasteiger partial charge in [0, 0.05) is 0 Å². The van der Waals surface area contributed by atoms with Gasteiger partial charge in [-0.05, 0) is 0 Å². The fourth-order valence-corrected chi connectivity index (χ4v) is 1.02. The number of nitro groups is 1. The second-order valence-corrected chi connectivity index (χ2v) is 3.36. The molecule has 0 spiro atoms. The molecule has 0 fully saturated rings. The van der Waals surface area contributed by atoms with Crippen LogP contribution in [0, 0.1) is 10.1 Å². The summed E-state index contributed by atoms with van der Waals surface area (Å²) >= 11 is 0. The standard InChI is InChI=1S/C4H3FN4O4S/c5-14(12,13)4-7-1-2(9(10)11)3(6)8-4/h1H,(H2,6,7,8). The van der Waals surface area contributed by atoms with Crippen LogP contribution in [0.25, 0.3) is 0 Å². The minimum absolute atomic E-state index is 0.523. The Morgan fingerprint density at radius 3 is 2.50 bits per heavy atom. The van der Waals surface area contributed by atoms with Crippen LogP contribution >= 0.6 is 0 Å². The van der Waals surface area contributed by atoms with Gasteiger partial charge in [-0.25, -0.2) is 4.98 Å². The molecule has 14 heavy (non-hydrogen) atoms. The Morgan fingerprint density at radius 2 is 2.14 bits per heavy atom. The molecule has 10 heteroatoms. The van der Waals surface area contributed by atoms with Crippen LogP contribution in [-0.4, -0.2) is 23.3 Å². The zero-order chi connectivity index (χ0) is 10.9. The highest BCUT2D eigenvalue weighted by Gasteiger charge is 2.21. The van der Waals surface area contributed by atoms with E-state index in [0.29, 0.717) is 6.20 Å². The predicted octanol–water partition coefficient (Wildman–Crippen LogP) is -0.375. The molecule has 0 radical (unpaired) electrons. The minimum atomic E-state index is -5.09. The van der Waals surface area contributed by atoms with E-state index in [0.717, 1.165) is 0 Å². The van der Waals surface area contributed by atoms with Crippen LogP contribution in [0.1, 0.15) is 0 Å². The van der Waals surface area contributed by atoms with Crippen molar-refractivity contribution in [3.05, 3.63) is 16.3 Å². The third-order valence-electron chi connectivity index (χ3n) is 1.19. The molecule has 0 aromatic carbocycles. The monoisotopic (exact) mass is 222 g/mol. The van der Waals surface area contributed by atoms with Gasteiger partial charge in [0.25, 0.3) is 5.16 Å². The fraction of sp³-hybridized carbons (Fsp3) is 0. The summed E-state index contributed by atoms with van der Waals surface area (Å²) < 4.78 is 32.8. The zero-order valence-corrected chi connectivity index (χ0v) is 7.23. The van der Waals surface area contributed by atoms with E-state index in [2.05, 4.69) is 9.97 Å². The Labute approximate surface area is 76.9 Å². The Kier molecular flexibility index (Phi) is 2.30. The molecule has 0 aliphatic rings. The number of halogens is 1. The summed E-state index contributed by atoms with van der Waals surface area (Å²) in [7, 11) is -5.09. The van der Waals surface area contributed by atoms with Crippen LogP contribution < -0.4 is 5.73 Å². The number of nitrogens with two attached hydrogens (primary N) is 1. The summed E-state index contributed by atoms with van der Waals surface area (Å²) in [5.74, 6) is -0.707. The van der Waals surface area contributed by atoms with Gasteiger partial charge in [-0.1, -0.05) is 3.89 Å². The summed E-state index contributed by atoms with van der Waals surface area (Å²) in [4.78, 5) is 15.1. The van der Waals surface area contributed by atoms with Gasteiger partial charge in [-0.15, -0.1) is 0 Å². The third kappa shape index (κ3) is 1.90. The molecule has 0 aliphatic carbocycles. The second kappa shape index (κ2) is 3.14. The van der Waals surface area contributed by atoms with E-state index in [1.54, 1.807) is 0 Å². The number of anilines is 1. The number of rotatable bonds is 2. The number of nitrogen functional groups attached to an aromatic ring is 1. The SMILES string of the molecule is Nc1nc(S(=O)(=O)F)ncc1[N+](=O)[O-]. The normalized spacial score (nSPS) is 11.2. The summed E-state index contributed by atoms with van der Waals surface area (Å²) in [6.07, 6.45) is 0.523. The molecule has 1 aromatic heterocycles. The maximum atomic E-state index is 12.3. The molecule has 1 aromatic rings. The number of nitrogens with zero attached hydrogens (tertiary/aromatic N) is 3. The molecule has 2 N–H and O–H groups in total. The van der Waals surface area contributed by atoms with Crippen molar-refractivity contribution in [1.82, 2.24) is 9.97 Å². The molecule has 1 rings (SSSR count). The maximum absolute atomic E-state index is 12.3. The molecular weight excluding hydrogens is 219 g/mol. The highest BCUT2D eigenvalue weighted by Crippen LogP contribution is 2.18. The molecule has 76 valence electrons. The molecule has 8 nitrogen and oxygen atoms in total. The van der Waals surface area contributed by atoms with Gasteiger partial charge in [0.05, 0.1) is 4.92 Å². The van der Waals surface area contributed by atoms with Gasteiger partial charge in [0.15, 0.2) is 0 Å². The quantitative estimate of drug-likeness (QED) is 0.312. The number of hydrogen-bond donors (Lipinski definition) is 1. The Hall–Kier alpha value is -1.84. The first kappa shape index (κ1) is 10.2. The molecule has 0 bridgehead atoms. The average Bonchev–Trinajstić information content (AvgIpc) is 2.01. The van der Waals surface area contributed by atoms with Gasteiger partial charge >= 0.3 is 15.9 Å². The Morgan fingerprint density at radius 1 is 1.57 bits per heavy atom. The van der Waals surface area contributed by atoms with E-state index in [1.807, 2.05) is 0 Å². The van der Waals surface area contributed by atoms with E-state index in [-0.39, 0.29) is 0 Å². The molecule has 0 saturated heterocycles. The lowest BCUT2D eigenvalue weighted by Gasteiger charge is -1.96. The van der Waals surface area contributed by atoms with Crippen molar-refractivity contribution in [3.8, 4) is 0 Å². The van der Waals surface area contributed by atoms with Crippen LogP contribution in [0.4, 0.5) is 15.4 Å². The molecule has 1 heterocycles. The van der Waals surface area contributed by atoms with Crippen molar-refractivity contribution < 1.29 is 17.2 Å². The van der Waals surface area contributed by atoms with Crippen molar-refractivity contribution in [3.63, 3.8) is 0 Å². The molecular formula is C4H3FN4O4S. The number of aromatic nitrogens is 2. The number of hydrogen-bond acceptors (Lipinski definition) is 7. The van der Waals surface area contributed by atoms with Crippen molar-refractivity contribution in [2.45, 2.75) is 5.16 Å². The summed E-state index contributed by atoms with van der Waals surface area (Å²) in [6.45, 7) is 0. The molecule has 0 atom stereocenters. The molecule has 0 saturated carbocycles. The highest BCUT2D eigenvalue weighted by atomic mass is 32.3. The second-order valence-electron chi connectivity index (χ2n) is 2.12. The molecule has 0 unspecified atom stereocenters. The van der Waals surface area contributed by atoms with E-state index in [9.17, 15) is 22.4 Å². The first-order chi connectivity index (χ1) is 6.32. The van der Waals surface area contributed by atoms with Crippen molar-refractivity contribution in [2.24, 2.45) is 0 Å². The van der Waals surface area contributed by atoms with Gasteiger partial charge in [0.1, 0.15) is 6.20 Å². The topological polar surface area (TPSA) is 129 Å². The lowest BCUT2D eigenvalue weighted by Crippen LogP contribution is -2.06. The lowest BCUT2D eigenvalue weighted by molar-refractivity contribution is -0.384. The van der Waals surface area contributed by atoms with Crippen LogP contribution in [0.15, 0.2) is 11.4 Å². The third-order valence-corrected chi connectivity index (χ3v) is 1.82. The van der Waals surface area contributed by atoms with Crippen LogP contribution in [-0.2, 0) is 10.2 Å². The minimum Gasteiger partial charge on any atom is -0.378 e. The van der Waals surface area contributed by atoms with Gasteiger partial charge in [-0.2, -0.15) is 13.4 Å². The van der Waals surface area contributed by atoms with Gasteiger partial charge in [0.2, 0.25) is 5.82 Å². The maximum Gasteiger partial charge on any atom is 0.368 e. The average molecular weight is 222 g/mol.